The van der Waals surface area contributed by atoms with Gasteiger partial charge in [-0.1, -0.05) is 6.92 Å². The quantitative estimate of drug-likeness (QED) is 0.727. The molecule has 0 aromatic heterocycles. The molecule has 1 heterocycles. The molecule has 0 aromatic rings. The molecule has 4 nitrogen and oxygen atoms in total. The lowest BCUT2D eigenvalue weighted by atomic mass is 9.84. The van der Waals surface area contributed by atoms with Gasteiger partial charge in [0.05, 0.1) is 12.5 Å². The van der Waals surface area contributed by atoms with E-state index in [1.54, 1.807) is 0 Å². The maximum atomic E-state index is 10.9. The molecule has 0 spiro atoms. The topological polar surface area (TPSA) is 58.6 Å². The van der Waals surface area contributed by atoms with E-state index in [2.05, 4.69) is 12.2 Å². The van der Waals surface area contributed by atoms with Gasteiger partial charge in [-0.05, 0) is 32.7 Å². The van der Waals surface area contributed by atoms with Crippen molar-refractivity contribution in [1.82, 2.24) is 5.32 Å². The van der Waals surface area contributed by atoms with E-state index in [1.807, 2.05) is 6.92 Å². The summed E-state index contributed by atoms with van der Waals surface area (Å²) < 4.78 is 5.46. The average molecular weight is 215 g/mol. The summed E-state index contributed by atoms with van der Waals surface area (Å²) in [4.78, 5) is 10.9. The van der Waals surface area contributed by atoms with Gasteiger partial charge in [-0.25, -0.2) is 0 Å². The molecule has 2 N–H and O–H groups in total. The number of carboxylic acids is 1. The molecule has 1 aliphatic heterocycles. The van der Waals surface area contributed by atoms with E-state index in [0.29, 0.717) is 6.61 Å². The first-order valence-electron chi connectivity index (χ1n) is 5.66. The molecular weight excluding hydrogens is 194 g/mol. The molecule has 0 radical (unpaired) electrons. The Kier molecular flexibility index (Phi) is 4.54. The van der Waals surface area contributed by atoms with Crippen LogP contribution < -0.4 is 5.32 Å². The van der Waals surface area contributed by atoms with Crippen LogP contribution >= 0.6 is 0 Å². The van der Waals surface area contributed by atoms with Crippen LogP contribution in [0.1, 0.15) is 39.5 Å². The highest BCUT2D eigenvalue weighted by molar-refractivity contribution is 5.68. The summed E-state index contributed by atoms with van der Waals surface area (Å²) in [6.45, 7) is 5.62. The van der Waals surface area contributed by atoms with Crippen molar-refractivity contribution in [2.75, 3.05) is 13.2 Å². The highest BCUT2D eigenvalue weighted by Gasteiger charge is 2.36. The smallest absolute Gasteiger partial charge is 0.305 e. The number of carboxylic acid groups (broad SMARTS) is 1. The molecule has 1 saturated heterocycles. The van der Waals surface area contributed by atoms with E-state index in [4.69, 9.17) is 9.84 Å². The summed E-state index contributed by atoms with van der Waals surface area (Å²) in [5, 5.41) is 12.3. The van der Waals surface area contributed by atoms with E-state index >= 15 is 0 Å². The Morgan fingerprint density at radius 2 is 2.40 bits per heavy atom. The molecule has 15 heavy (non-hydrogen) atoms. The zero-order valence-corrected chi connectivity index (χ0v) is 9.58. The third-order valence-electron chi connectivity index (χ3n) is 2.90. The molecule has 1 fully saturated rings. The molecule has 0 bridgehead atoms. The van der Waals surface area contributed by atoms with Crippen LogP contribution in [0.15, 0.2) is 0 Å². The maximum absolute atomic E-state index is 10.9. The van der Waals surface area contributed by atoms with Gasteiger partial charge in [-0.2, -0.15) is 0 Å². The van der Waals surface area contributed by atoms with Gasteiger partial charge in [0.15, 0.2) is 0 Å². The zero-order valence-electron chi connectivity index (χ0n) is 9.58. The molecular formula is C11H21NO3. The zero-order chi connectivity index (χ0) is 11.3. The van der Waals surface area contributed by atoms with Crippen molar-refractivity contribution in [2.45, 2.75) is 51.2 Å². The van der Waals surface area contributed by atoms with E-state index in [1.165, 1.54) is 0 Å². The molecule has 88 valence electrons. The molecule has 1 aliphatic rings. The van der Waals surface area contributed by atoms with Crippen LogP contribution in [0.25, 0.3) is 0 Å². The first-order valence-corrected chi connectivity index (χ1v) is 5.66. The van der Waals surface area contributed by atoms with Gasteiger partial charge >= 0.3 is 5.97 Å². The van der Waals surface area contributed by atoms with Gasteiger partial charge < -0.3 is 15.2 Å². The minimum absolute atomic E-state index is 0.155. The predicted octanol–water partition coefficient (Wildman–Crippen LogP) is 1.40. The molecule has 0 amide bonds. The number of hydrogen-bond donors (Lipinski definition) is 2. The Morgan fingerprint density at radius 3 is 2.93 bits per heavy atom. The average Bonchev–Trinajstić information content (AvgIpc) is 2.13. The van der Waals surface area contributed by atoms with Crippen molar-refractivity contribution in [3.8, 4) is 0 Å². The number of rotatable bonds is 5. The minimum atomic E-state index is -0.729. The molecule has 4 heteroatoms. The van der Waals surface area contributed by atoms with E-state index in [0.717, 1.165) is 25.8 Å². The van der Waals surface area contributed by atoms with Gasteiger partial charge in [-0.15, -0.1) is 0 Å². The third kappa shape index (κ3) is 3.80. The number of nitrogens with one attached hydrogen (secondary N) is 1. The van der Waals surface area contributed by atoms with Crippen LogP contribution in [0.3, 0.4) is 0 Å². The predicted molar refractivity (Wildman–Crippen MR) is 57.9 cm³/mol. The van der Waals surface area contributed by atoms with Crippen LogP contribution in [0.5, 0.6) is 0 Å². The fourth-order valence-corrected chi connectivity index (χ4v) is 2.23. The Morgan fingerprint density at radius 1 is 1.67 bits per heavy atom. The summed E-state index contributed by atoms with van der Waals surface area (Å²) in [5.41, 5.74) is -0.250. The van der Waals surface area contributed by atoms with Crippen LogP contribution in [0.2, 0.25) is 0 Å². The van der Waals surface area contributed by atoms with Crippen molar-refractivity contribution in [1.29, 1.82) is 0 Å². The van der Waals surface area contributed by atoms with Gasteiger partial charge in [0, 0.05) is 12.1 Å². The van der Waals surface area contributed by atoms with Crippen molar-refractivity contribution in [2.24, 2.45) is 0 Å². The van der Waals surface area contributed by atoms with E-state index in [9.17, 15) is 4.79 Å². The lowest BCUT2D eigenvalue weighted by molar-refractivity contribution is -0.140. The molecule has 2 atom stereocenters. The first-order chi connectivity index (χ1) is 7.08. The SMILES string of the molecule is CCCNC1(CC(=O)O)CCOC(C)C1. The number of hydrogen-bond acceptors (Lipinski definition) is 3. The normalized spacial score (nSPS) is 31.5. The minimum Gasteiger partial charge on any atom is -0.481 e. The Labute approximate surface area is 91.0 Å². The van der Waals surface area contributed by atoms with Crippen LogP contribution in [0, 0.1) is 0 Å². The second kappa shape index (κ2) is 5.47. The summed E-state index contributed by atoms with van der Waals surface area (Å²) in [7, 11) is 0. The van der Waals surface area contributed by atoms with E-state index < -0.39 is 5.97 Å². The largest absolute Gasteiger partial charge is 0.481 e. The Balaban J connectivity index is 2.61. The molecule has 2 unspecified atom stereocenters. The standard InChI is InChI=1S/C11H21NO3/c1-3-5-12-11(8-10(13)14)4-6-15-9(2)7-11/h9,12H,3-8H2,1-2H3,(H,13,14). The summed E-state index contributed by atoms with van der Waals surface area (Å²) >= 11 is 0. The van der Waals surface area contributed by atoms with Crippen molar-refractivity contribution in [3.63, 3.8) is 0 Å². The van der Waals surface area contributed by atoms with Crippen molar-refractivity contribution in [3.05, 3.63) is 0 Å². The van der Waals surface area contributed by atoms with Crippen LogP contribution in [-0.4, -0.2) is 35.9 Å². The summed E-state index contributed by atoms with van der Waals surface area (Å²) in [6.07, 6.45) is 2.96. The Bertz CT molecular complexity index is 220. The number of carbonyl (C=O) groups is 1. The second-order valence-corrected chi connectivity index (χ2v) is 4.41. The second-order valence-electron chi connectivity index (χ2n) is 4.41. The van der Waals surface area contributed by atoms with Crippen molar-refractivity contribution < 1.29 is 14.6 Å². The molecule has 0 saturated carbocycles. The van der Waals surface area contributed by atoms with Gasteiger partial charge in [0.1, 0.15) is 0 Å². The maximum Gasteiger partial charge on any atom is 0.305 e. The highest BCUT2D eigenvalue weighted by atomic mass is 16.5. The number of aliphatic carboxylic acids is 1. The fraction of sp³-hybridized carbons (Fsp3) is 0.909. The number of ether oxygens (including phenoxy) is 1. The summed E-state index contributed by atoms with van der Waals surface area (Å²) in [6, 6.07) is 0. The van der Waals surface area contributed by atoms with Crippen LogP contribution in [-0.2, 0) is 9.53 Å². The Hall–Kier alpha value is -0.610. The first kappa shape index (κ1) is 12.5. The van der Waals surface area contributed by atoms with Gasteiger partial charge in [0.2, 0.25) is 0 Å². The van der Waals surface area contributed by atoms with Gasteiger partial charge in [0.25, 0.3) is 0 Å². The lowest BCUT2D eigenvalue weighted by Crippen LogP contribution is -2.52. The highest BCUT2D eigenvalue weighted by Crippen LogP contribution is 2.28. The third-order valence-corrected chi connectivity index (χ3v) is 2.90. The van der Waals surface area contributed by atoms with Crippen LogP contribution in [0.4, 0.5) is 0 Å². The fourth-order valence-electron chi connectivity index (χ4n) is 2.23. The molecule has 0 aromatic carbocycles. The van der Waals surface area contributed by atoms with Crippen molar-refractivity contribution >= 4 is 5.97 Å². The van der Waals surface area contributed by atoms with E-state index in [-0.39, 0.29) is 18.1 Å². The molecule has 1 rings (SSSR count). The monoisotopic (exact) mass is 215 g/mol. The van der Waals surface area contributed by atoms with Gasteiger partial charge in [-0.3, -0.25) is 4.79 Å². The molecule has 0 aliphatic carbocycles. The lowest BCUT2D eigenvalue weighted by Gasteiger charge is -2.40. The summed E-state index contributed by atoms with van der Waals surface area (Å²) in [5.74, 6) is -0.729.